The molecule has 0 radical (unpaired) electrons. The number of likely N-dealkylation sites (tertiary alicyclic amines) is 1. The molecule has 2 fully saturated rings. The molecule has 2 aromatic rings. The fourth-order valence-electron chi connectivity index (χ4n) is 4.80. The molecule has 2 heterocycles. The van der Waals surface area contributed by atoms with E-state index in [9.17, 15) is 14.7 Å². The van der Waals surface area contributed by atoms with Gasteiger partial charge in [0.15, 0.2) is 0 Å². The lowest BCUT2D eigenvalue weighted by Gasteiger charge is -2.38. The lowest BCUT2D eigenvalue weighted by Crippen LogP contribution is -2.43. The molecule has 0 unspecified atom stereocenters. The second kappa shape index (κ2) is 6.83. The standard InChI is InChI=1S/C21H25N3O3/c1-2-24-11-9-18(22-24)19(25)23-13-17-12-16(15-6-4-3-5-7-15)8-10-21(17,14-23)20(26)27/h3-7,9,11,16-17H,2,8,10,12-14H2,1H3,(H,26,27)/t16-,17-,21-/m1/s1. The maximum absolute atomic E-state index is 12.9. The van der Waals surface area contributed by atoms with Gasteiger partial charge in [-0.05, 0) is 49.7 Å². The number of carboxylic acid groups (broad SMARTS) is 1. The molecule has 1 N–H and O–H groups in total. The van der Waals surface area contributed by atoms with Crippen LogP contribution in [-0.4, -0.2) is 44.8 Å². The first kappa shape index (κ1) is 17.8. The molecule has 0 spiro atoms. The third-order valence-corrected chi connectivity index (χ3v) is 6.37. The number of carbonyl (C=O) groups excluding carboxylic acids is 1. The van der Waals surface area contributed by atoms with Crippen LogP contribution >= 0.6 is 0 Å². The van der Waals surface area contributed by atoms with E-state index in [1.165, 1.54) is 5.56 Å². The minimum Gasteiger partial charge on any atom is -0.481 e. The summed E-state index contributed by atoms with van der Waals surface area (Å²) in [5.41, 5.74) is 0.840. The molecule has 1 aromatic heterocycles. The van der Waals surface area contributed by atoms with Gasteiger partial charge < -0.3 is 10.0 Å². The van der Waals surface area contributed by atoms with Crippen molar-refractivity contribution in [2.24, 2.45) is 11.3 Å². The Hall–Kier alpha value is -2.63. The highest BCUT2D eigenvalue weighted by Gasteiger charge is 2.56. The Morgan fingerprint density at radius 2 is 2.04 bits per heavy atom. The Morgan fingerprint density at radius 3 is 2.70 bits per heavy atom. The van der Waals surface area contributed by atoms with Crippen LogP contribution in [-0.2, 0) is 11.3 Å². The molecule has 27 heavy (non-hydrogen) atoms. The van der Waals surface area contributed by atoms with Gasteiger partial charge in [0.2, 0.25) is 0 Å². The molecule has 142 valence electrons. The van der Waals surface area contributed by atoms with Crippen molar-refractivity contribution in [3.63, 3.8) is 0 Å². The molecular weight excluding hydrogens is 342 g/mol. The minimum atomic E-state index is -0.825. The Morgan fingerprint density at radius 1 is 1.26 bits per heavy atom. The highest BCUT2D eigenvalue weighted by molar-refractivity contribution is 5.93. The third-order valence-electron chi connectivity index (χ3n) is 6.37. The van der Waals surface area contributed by atoms with Gasteiger partial charge in [-0.15, -0.1) is 0 Å². The van der Waals surface area contributed by atoms with Crippen molar-refractivity contribution in [2.75, 3.05) is 13.1 Å². The van der Waals surface area contributed by atoms with Gasteiger partial charge in [-0.2, -0.15) is 5.10 Å². The normalized spacial score (nSPS) is 27.4. The highest BCUT2D eigenvalue weighted by Crippen LogP contribution is 2.51. The van der Waals surface area contributed by atoms with Crippen LogP contribution in [0.1, 0.15) is 48.2 Å². The summed E-state index contributed by atoms with van der Waals surface area (Å²) >= 11 is 0. The first-order valence-corrected chi connectivity index (χ1v) is 9.64. The molecule has 6 heteroatoms. The van der Waals surface area contributed by atoms with E-state index >= 15 is 0 Å². The van der Waals surface area contributed by atoms with Crippen LogP contribution in [0.5, 0.6) is 0 Å². The van der Waals surface area contributed by atoms with Crippen molar-refractivity contribution in [1.82, 2.24) is 14.7 Å². The SMILES string of the molecule is CCn1ccc(C(=O)N2C[C@H]3C[C@H](c4ccccc4)CC[C@@]3(C(=O)O)C2)n1. The molecular formula is C21H25N3O3. The molecule has 1 aliphatic heterocycles. The van der Waals surface area contributed by atoms with Crippen molar-refractivity contribution in [3.05, 3.63) is 53.9 Å². The first-order chi connectivity index (χ1) is 13.0. The zero-order valence-electron chi connectivity index (χ0n) is 15.5. The number of hydrogen-bond acceptors (Lipinski definition) is 3. The number of carboxylic acids is 1. The topological polar surface area (TPSA) is 75.4 Å². The second-order valence-corrected chi connectivity index (χ2v) is 7.78. The molecule has 4 rings (SSSR count). The summed E-state index contributed by atoms with van der Waals surface area (Å²) in [5.74, 6) is -0.592. The number of fused-ring (bicyclic) bond motifs is 1. The lowest BCUT2D eigenvalue weighted by molar-refractivity contribution is -0.152. The van der Waals surface area contributed by atoms with Gasteiger partial charge in [0, 0.05) is 25.8 Å². The molecule has 1 saturated heterocycles. The monoisotopic (exact) mass is 367 g/mol. The van der Waals surface area contributed by atoms with E-state index in [0.29, 0.717) is 31.1 Å². The summed E-state index contributed by atoms with van der Waals surface area (Å²) in [7, 11) is 0. The Labute approximate surface area is 158 Å². The van der Waals surface area contributed by atoms with Crippen LogP contribution in [0.2, 0.25) is 0 Å². The number of aliphatic carboxylic acids is 1. The lowest BCUT2D eigenvalue weighted by atomic mass is 9.64. The van der Waals surface area contributed by atoms with Gasteiger partial charge in [-0.1, -0.05) is 30.3 Å². The fraction of sp³-hybridized carbons (Fsp3) is 0.476. The van der Waals surface area contributed by atoms with Gasteiger partial charge in [0.05, 0.1) is 5.41 Å². The third kappa shape index (κ3) is 3.03. The molecule has 0 bridgehead atoms. The maximum Gasteiger partial charge on any atom is 0.311 e. The smallest absolute Gasteiger partial charge is 0.311 e. The summed E-state index contributed by atoms with van der Waals surface area (Å²) in [5, 5.41) is 14.3. The van der Waals surface area contributed by atoms with E-state index in [-0.39, 0.29) is 18.4 Å². The number of benzene rings is 1. The maximum atomic E-state index is 12.9. The van der Waals surface area contributed by atoms with E-state index < -0.39 is 11.4 Å². The Balaban J connectivity index is 1.56. The van der Waals surface area contributed by atoms with Crippen molar-refractivity contribution in [2.45, 2.75) is 38.6 Å². The summed E-state index contributed by atoms with van der Waals surface area (Å²) in [6.45, 7) is 3.45. The van der Waals surface area contributed by atoms with E-state index in [1.54, 1.807) is 21.8 Å². The molecule has 1 amide bonds. The number of rotatable bonds is 4. The number of nitrogens with zero attached hydrogens (tertiary/aromatic N) is 3. The van der Waals surface area contributed by atoms with E-state index in [4.69, 9.17) is 0 Å². The fourth-order valence-corrected chi connectivity index (χ4v) is 4.80. The van der Waals surface area contributed by atoms with E-state index in [0.717, 1.165) is 12.8 Å². The van der Waals surface area contributed by atoms with E-state index in [2.05, 4.69) is 17.2 Å². The van der Waals surface area contributed by atoms with Crippen LogP contribution in [0.25, 0.3) is 0 Å². The molecule has 6 nitrogen and oxygen atoms in total. The molecule has 1 saturated carbocycles. The van der Waals surface area contributed by atoms with Crippen LogP contribution < -0.4 is 0 Å². The van der Waals surface area contributed by atoms with Gasteiger partial charge >= 0.3 is 5.97 Å². The van der Waals surface area contributed by atoms with Gasteiger partial charge in [0.1, 0.15) is 5.69 Å². The highest BCUT2D eigenvalue weighted by atomic mass is 16.4. The Kier molecular flexibility index (Phi) is 4.50. The number of hydrogen-bond donors (Lipinski definition) is 1. The van der Waals surface area contributed by atoms with Gasteiger partial charge in [-0.25, -0.2) is 0 Å². The number of carbonyl (C=O) groups is 2. The summed E-state index contributed by atoms with van der Waals surface area (Å²) in [4.78, 5) is 26.8. The molecule has 1 aliphatic carbocycles. The average molecular weight is 367 g/mol. The van der Waals surface area contributed by atoms with Crippen molar-refractivity contribution in [1.29, 1.82) is 0 Å². The zero-order chi connectivity index (χ0) is 19.0. The zero-order valence-corrected chi connectivity index (χ0v) is 15.5. The second-order valence-electron chi connectivity index (χ2n) is 7.78. The predicted molar refractivity (Wildman–Crippen MR) is 100 cm³/mol. The Bertz CT molecular complexity index is 847. The largest absolute Gasteiger partial charge is 0.481 e. The van der Waals surface area contributed by atoms with Crippen LogP contribution in [0.4, 0.5) is 0 Å². The van der Waals surface area contributed by atoms with Crippen molar-refractivity contribution in [3.8, 4) is 0 Å². The van der Waals surface area contributed by atoms with Gasteiger partial charge in [0.25, 0.3) is 5.91 Å². The summed E-state index contributed by atoms with van der Waals surface area (Å²) in [6.07, 6.45) is 4.05. The van der Waals surface area contributed by atoms with Crippen LogP contribution in [0.15, 0.2) is 42.6 Å². The van der Waals surface area contributed by atoms with Crippen molar-refractivity contribution < 1.29 is 14.7 Å². The summed E-state index contributed by atoms with van der Waals surface area (Å²) < 4.78 is 1.72. The number of aryl methyl sites for hydroxylation is 1. The molecule has 2 aliphatic rings. The van der Waals surface area contributed by atoms with Crippen molar-refractivity contribution >= 4 is 11.9 Å². The first-order valence-electron chi connectivity index (χ1n) is 9.64. The molecule has 1 aromatic carbocycles. The number of amides is 1. The molecule has 3 atom stereocenters. The average Bonchev–Trinajstić information content (AvgIpc) is 3.33. The van der Waals surface area contributed by atoms with Crippen LogP contribution in [0, 0.1) is 11.3 Å². The minimum absolute atomic E-state index is 0.0221. The number of aromatic nitrogens is 2. The van der Waals surface area contributed by atoms with Crippen LogP contribution in [0.3, 0.4) is 0 Å². The van der Waals surface area contributed by atoms with E-state index in [1.807, 2.05) is 25.1 Å². The summed E-state index contributed by atoms with van der Waals surface area (Å²) in [6, 6.07) is 12.0. The predicted octanol–water partition coefficient (Wildman–Crippen LogP) is 3.01. The van der Waals surface area contributed by atoms with Gasteiger partial charge in [-0.3, -0.25) is 14.3 Å². The quantitative estimate of drug-likeness (QED) is 0.901.